The van der Waals surface area contributed by atoms with Crippen LogP contribution in [-0.2, 0) is 24.3 Å². The maximum atomic E-state index is 12.4. The summed E-state index contributed by atoms with van der Waals surface area (Å²) in [4.78, 5) is 23.6. The van der Waals surface area contributed by atoms with E-state index in [2.05, 4.69) is 5.32 Å². The molecule has 27 heavy (non-hydrogen) atoms. The van der Waals surface area contributed by atoms with Crippen molar-refractivity contribution in [1.29, 1.82) is 0 Å². The van der Waals surface area contributed by atoms with Crippen LogP contribution in [0, 0.1) is 0 Å². The van der Waals surface area contributed by atoms with Crippen LogP contribution in [0.2, 0.25) is 10.0 Å². The summed E-state index contributed by atoms with van der Waals surface area (Å²) in [5, 5.41) is 3.34. The maximum absolute atomic E-state index is 12.4. The number of carbonyl (C=O) groups excluding carboxylic acids is 2. The van der Waals surface area contributed by atoms with Crippen LogP contribution in [-0.4, -0.2) is 44.8 Å². The van der Waals surface area contributed by atoms with Gasteiger partial charge in [0, 0.05) is 22.8 Å². The predicted molar refractivity (Wildman–Crippen MR) is 102 cm³/mol. The molecule has 2 aromatic carbocycles. The van der Waals surface area contributed by atoms with E-state index in [1.54, 1.807) is 18.2 Å². The first-order chi connectivity index (χ1) is 12.7. The summed E-state index contributed by atoms with van der Waals surface area (Å²) in [6.07, 6.45) is 0. The van der Waals surface area contributed by atoms with Gasteiger partial charge in [0.2, 0.25) is 10.0 Å². The van der Waals surface area contributed by atoms with Gasteiger partial charge in [0.05, 0.1) is 4.90 Å². The lowest BCUT2D eigenvalue weighted by Crippen LogP contribution is -2.34. The van der Waals surface area contributed by atoms with Gasteiger partial charge in [-0.15, -0.1) is 0 Å². The van der Waals surface area contributed by atoms with Gasteiger partial charge >= 0.3 is 5.97 Å². The molecule has 0 aliphatic carbocycles. The lowest BCUT2D eigenvalue weighted by Gasteiger charge is -2.16. The first kappa shape index (κ1) is 21.2. The quantitative estimate of drug-likeness (QED) is 0.681. The Morgan fingerprint density at radius 2 is 1.74 bits per heavy atom. The Hall–Kier alpha value is -2.13. The SMILES string of the molecule is CN(CC(=O)OCC(=O)Nc1cccc(Cl)c1)S(=O)(=O)c1ccc(Cl)cc1. The van der Waals surface area contributed by atoms with E-state index < -0.39 is 35.1 Å². The van der Waals surface area contributed by atoms with Crippen molar-refractivity contribution >= 4 is 50.8 Å². The van der Waals surface area contributed by atoms with Gasteiger partial charge in [-0.05, 0) is 42.5 Å². The van der Waals surface area contributed by atoms with E-state index in [1.165, 1.54) is 37.4 Å². The number of ether oxygens (including phenoxy) is 1. The molecule has 0 saturated carbocycles. The molecule has 144 valence electrons. The summed E-state index contributed by atoms with van der Waals surface area (Å²) >= 11 is 11.5. The number of rotatable bonds is 7. The van der Waals surface area contributed by atoms with E-state index in [0.717, 1.165) is 4.31 Å². The number of carbonyl (C=O) groups is 2. The fourth-order valence-electron chi connectivity index (χ4n) is 2.01. The van der Waals surface area contributed by atoms with Crippen molar-refractivity contribution in [2.45, 2.75) is 4.90 Å². The molecule has 0 aliphatic rings. The zero-order valence-electron chi connectivity index (χ0n) is 14.2. The van der Waals surface area contributed by atoms with Crippen molar-refractivity contribution in [1.82, 2.24) is 4.31 Å². The van der Waals surface area contributed by atoms with Gasteiger partial charge in [0.1, 0.15) is 6.54 Å². The third-order valence-corrected chi connectivity index (χ3v) is 5.65. The average molecular weight is 431 g/mol. The van der Waals surface area contributed by atoms with Crippen molar-refractivity contribution in [2.24, 2.45) is 0 Å². The summed E-state index contributed by atoms with van der Waals surface area (Å²) in [6, 6.07) is 12.0. The van der Waals surface area contributed by atoms with E-state index in [0.29, 0.717) is 15.7 Å². The van der Waals surface area contributed by atoms with Gasteiger partial charge in [-0.1, -0.05) is 29.3 Å². The number of anilines is 1. The van der Waals surface area contributed by atoms with Gasteiger partial charge < -0.3 is 10.1 Å². The third-order valence-electron chi connectivity index (χ3n) is 3.35. The van der Waals surface area contributed by atoms with Crippen LogP contribution in [0.4, 0.5) is 5.69 Å². The zero-order valence-corrected chi connectivity index (χ0v) is 16.5. The minimum Gasteiger partial charge on any atom is -0.455 e. The van der Waals surface area contributed by atoms with Crippen LogP contribution in [0.1, 0.15) is 0 Å². The number of esters is 1. The van der Waals surface area contributed by atoms with Crippen molar-refractivity contribution < 1.29 is 22.7 Å². The van der Waals surface area contributed by atoms with E-state index in [4.69, 9.17) is 27.9 Å². The van der Waals surface area contributed by atoms with Crippen LogP contribution in [0.5, 0.6) is 0 Å². The summed E-state index contributed by atoms with van der Waals surface area (Å²) in [5.41, 5.74) is 0.450. The molecule has 0 fully saturated rings. The van der Waals surface area contributed by atoms with Crippen LogP contribution in [0.25, 0.3) is 0 Å². The van der Waals surface area contributed by atoms with E-state index in [1.807, 2.05) is 0 Å². The molecule has 7 nitrogen and oxygen atoms in total. The molecule has 0 spiro atoms. The van der Waals surface area contributed by atoms with E-state index >= 15 is 0 Å². The normalized spacial score (nSPS) is 11.3. The highest BCUT2D eigenvalue weighted by atomic mass is 35.5. The van der Waals surface area contributed by atoms with Crippen molar-refractivity contribution in [3.05, 3.63) is 58.6 Å². The number of nitrogens with one attached hydrogen (secondary N) is 1. The second-order valence-electron chi connectivity index (χ2n) is 5.43. The first-order valence-corrected chi connectivity index (χ1v) is 9.81. The van der Waals surface area contributed by atoms with Gasteiger partial charge in [-0.3, -0.25) is 9.59 Å². The largest absolute Gasteiger partial charge is 0.455 e. The molecule has 2 rings (SSSR count). The van der Waals surface area contributed by atoms with Crippen LogP contribution < -0.4 is 5.32 Å². The molecule has 10 heteroatoms. The number of amides is 1. The Morgan fingerprint density at radius 3 is 2.37 bits per heavy atom. The lowest BCUT2D eigenvalue weighted by molar-refractivity contribution is -0.147. The number of likely N-dealkylation sites (N-methyl/N-ethyl adjacent to an activating group) is 1. The molecule has 0 saturated heterocycles. The number of nitrogens with zero attached hydrogens (tertiary/aromatic N) is 1. The number of halogens is 2. The highest BCUT2D eigenvalue weighted by molar-refractivity contribution is 7.89. The Kier molecular flexibility index (Phi) is 7.20. The molecule has 0 unspecified atom stereocenters. The molecular weight excluding hydrogens is 415 g/mol. The van der Waals surface area contributed by atoms with E-state index in [-0.39, 0.29) is 4.90 Å². The monoisotopic (exact) mass is 430 g/mol. The zero-order chi connectivity index (χ0) is 20.0. The number of sulfonamides is 1. The van der Waals surface area contributed by atoms with Crippen molar-refractivity contribution in [3.63, 3.8) is 0 Å². The molecule has 1 amide bonds. The van der Waals surface area contributed by atoms with Crippen molar-refractivity contribution in [3.8, 4) is 0 Å². The van der Waals surface area contributed by atoms with E-state index in [9.17, 15) is 18.0 Å². The second kappa shape index (κ2) is 9.18. The Labute approximate surface area is 166 Å². The van der Waals surface area contributed by atoms with Crippen molar-refractivity contribution in [2.75, 3.05) is 25.5 Å². The molecule has 0 aromatic heterocycles. The Morgan fingerprint density at radius 1 is 1.07 bits per heavy atom. The van der Waals surface area contributed by atoms with Crippen LogP contribution in [0.3, 0.4) is 0 Å². The van der Waals surface area contributed by atoms with Crippen LogP contribution in [0.15, 0.2) is 53.4 Å². The Balaban J connectivity index is 1.87. The molecule has 0 aliphatic heterocycles. The molecule has 2 aromatic rings. The molecule has 0 atom stereocenters. The topological polar surface area (TPSA) is 92.8 Å². The van der Waals surface area contributed by atoms with Gasteiger partial charge in [-0.2, -0.15) is 4.31 Å². The minimum absolute atomic E-state index is 0.0131. The Bertz CT molecular complexity index is 933. The minimum atomic E-state index is -3.88. The molecule has 1 N–H and O–H groups in total. The standard InChI is InChI=1S/C17H16Cl2N2O5S/c1-21(27(24,25)15-7-5-12(18)6-8-15)10-17(23)26-11-16(22)20-14-4-2-3-13(19)9-14/h2-9H,10-11H2,1H3,(H,20,22). The maximum Gasteiger partial charge on any atom is 0.321 e. The summed E-state index contributed by atoms with van der Waals surface area (Å²) < 4.78 is 30.4. The number of hydrogen-bond acceptors (Lipinski definition) is 5. The fourth-order valence-corrected chi connectivity index (χ4v) is 3.44. The van der Waals surface area contributed by atoms with Gasteiger partial charge in [-0.25, -0.2) is 8.42 Å². The highest BCUT2D eigenvalue weighted by Crippen LogP contribution is 2.17. The number of benzene rings is 2. The lowest BCUT2D eigenvalue weighted by atomic mass is 10.3. The fraction of sp³-hybridized carbons (Fsp3) is 0.176. The second-order valence-corrected chi connectivity index (χ2v) is 8.35. The highest BCUT2D eigenvalue weighted by Gasteiger charge is 2.23. The summed E-state index contributed by atoms with van der Waals surface area (Å²) in [7, 11) is -2.65. The van der Waals surface area contributed by atoms with Gasteiger partial charge in [0.25, 0.3) is 5.91 Å². The van der Waals surface area contributed by atoms with Crippen LogP contribution >= 0.6 is 23.2 Å². The smallest absolute Gasteiger partial charge is 0.321 e. The summed E-state index contributed by atoms with van der Waals surface area (Å²) in [6.45, 7) is -1.10. The predicted octanol–water partition coefficient (Wildman–Crippen LogP) is 2.80. The average Bonchev–Trinajstić information content (AvgIpc) is 2.60. The first-order valence-electron chi connectivity index (χ1n) is 7.61. The molecule has 0 heterocycles. The third kappa shape index (κ3) is 6.21. The summed E-state index contributed by atoms with van der Waals surface area (Å²) in [5.74, 6) is -1.44. The van der Waals surface area contributed by atoms with Gasteiger partial charge in [0.15, 0.2) is 6.61 Å². The number of hydrogen-bond donors (Lipinski definition) is 1. The molecule has 0 radical (unpaired) electrons. The molecular formula is C17H16Cl2N2O5S. The molecule has 0 bridgehead atoms.